The molecular weight excluding hydrogens is 428 g/mol. The molecule has 0 saturated carbocycles. The maximum absolute atomic E-state index is 12.3. The Morgan fingerprint density at radius 2 is 1.78 bits per heavy atom. The number of ether oxygens (including phenoxy) is 1. The fraction of sp³-hybridized carbons (Fsp3) is 0.417. The van der Waals surface area contributed by atoms with Crippen molar-refractivity contribution in [1.82, 2.24) is 5.32 Å². The standard InChI is InChI=1S/C24H30N2O5S/c1-17-8-4-7-11-22(17)26(32(3,29)30)15-24(28)31-16-23(27)25-18(2)20-13-12-19-9-5-6-10-21(19)14-20/h4,7-8,11-14,18H,5-6,9-10,15-16H2,1-3H3,(H,25,27). The molecule has 3 rings (SSSR count). The lowest BCUT2D eigenvalue weighted by Crippen LogP contribution is -2.38. The number of carbonyl (C=O) groups is 2. The number of benzene rings is 2. The Morgan fingerprint density at radius 3 is 2.47 bits per heavy atom. The number of hydrogen-bond acceptors (Lipinski definition) is 5. The van der Waals surface area contributed by atoms with Gasteiger partial charge >= 0.3 is 5.97 Å². The summed E-state index contributed by atoms with van der Waals surface area (Å²) < 4.78 is 30.4. The van der Waals surface area contributed by atoms with Gasteiger partial charge in [-0.3, -0.25) is 13.9 Å². The highest BCUT2D eigenvalue weighted by Gasteiger charge is 2.23. The van der Waals surface area contributed by atoms with Crippen molar-refractivity contribution in [3.63, 3.8) is 0 Å². The summed E-state index contributed by atoms with van der Waals surface area (Å²) >= 11 is 0. The highest BCUT2D eigenvalue weighted by atomic mass is 32.2. The Morgan fingerprint density at radius 1 is 1.09 bits per heavy atom. The Labute approximate surface area is 189 Å². The maximum atomic E-state index is 12.3. The van der Waals surface area contributed by atoms with Crippen LogP contribution in [0.3, 0.4) is 0 Å². The fourth-order valence-electron chi connectivity index (χ4n) is 3.92. The van der Waals surface area contributed by atoms with Crippen LogP contribution in [0.4, 0.5) is 5.69 Å². The van der Waals surface area contributed by atoms with Crippen molar-refractivity contribution in [3.8, 4) is 0 Å². The average molecular weight is 459 g/mol. The van der Waals surface area contributed by atoms with E-state index >= 15 is 0 Å². The second kappa shape index (κ2) is 10.2. The zero-order chi connectivity index (χ0) is 23.3. The van der Waals surface area contributed by atoms with Crippen LogP contribution >= 0.6 is 0 Å². The van der Waals surface area contributed by atoms with E-state index in [9.17, 15) is 18.0 Å². The number of hydrogen-bond donors (Lipinski definition) is 1. The molecule has 1 aliphatic carbocycles. The summed E-state index contributed by atoms with van der Waals surface area (Å²) in [6.07, 6.45) is 5.57. The van der Waals surface area contributed by atoms with Gasteiger partial charge in [0, 0.05) is 0 Å². The Bertz CT molecular complexity index is 1100. The van der Waals surface area contributed by atoms with Gasteiger partial charge in [0.25, 0.3) is 5.91 Å². The number of carbonyl (C=O) groups excluding carboxylic acids is 2. The van der Waals surface area contributed by atoms with E-state index in [1.54, 1.807) is 31.2 Å². The molecule has 8 heteroatoms. The molecule has 0 saturated heterocycles. The van der Waals surface area contributed by atoms with Crippen LogP contribution in [0.1, 0.15) is 48.1 Å². The third-order valence-electron chi connectivity index (χ3n) is 5.67. The normalized spacial score (nSPS) is 14.2. The molecule has 0 heterocycles. The topological polar surface area (TPSA) is 92.8 Å². The summed E-state index contributed by atoms with van der Waals surface area (Å²) in [6, 6.07) is 12.9. The minimum Gasteiger partial charge on any atom is -0.454 e. The molecule has 1 N–H and O–H groups in total. The van der Waals surface area contributed by atoms with Crippen molar-refractivity contribution in [1.29, 1.82) is 0 Å². The van der Waals surface area contributed by atoms with Crippen molar-refractivity contribution in [2.24, 2.45) is 0 Å². The van der Waals surface area contributed by atoms with Crippen LogP contribution in [0.5, 0.6) is 0 Å². The smallest absolute Gasteiger partial charge is 0.327 e. The second-order valence-electron chi connectivity index (χ2n) is 8.24. The number of nitrogens with zero attached hydrogens (tertiary/aromatic N) is 1. The molecule has 7 nitrogen and oxygen atoms in total. The average Bonchev–Trinajstić information content (AvgIpc) is 2.75. The number of nitrogens with one attached hydrogen (secondary N) is 1. The van der Waals surface area contributed by atoms with E-state index in [1.165, 1.54) is 24.0 Å². The third-order valence-corrected chi connectivity index (χ3v) is 6.80. The number of anilines is 1. The van der Waals surface area contributed by atoms with Gasteiger partial charge in [0.1, 0.15) is 6.54 Å². The molecular formula is C24H30N2O5S. The van der Waals surface area contributed by atoms with Crippen LogP contribution in [0.2, 0.25) is 0 Å². The van der Waals surface area contributed by atoms with Crippen LogP contribution < -0.4 is 9.62 Å². The molecule has 1 aliphatic rings. The highest BCUT2D eigenvalue weighted by molar-refractivity contribution is 7.92. The summed E-state index contributed by atoms with van der Waals surface area (Å²) in [7, 11) is -3.70. The number of sulfonamides is 1. The quantitative estimate of drug-likeness (QED) is 0.614. The lowest BCUT2D eigenvalue weighted by Gasteiger charge is -2.23. The van der Waals surface area contributed by atoms with Gasteiger partial charge in [-0.1, -0.05) is 36.4 Å². The van der Waals surface area contributed by atoms with E-state index in [-0.39, 0.29) is 6.04 Å². The lowest BCUT2D eigenvalue weighted by atomic mass is 9.89. The molecule has 32 heavy (non-hydrogen) atoms. The molecule has 2 aromatic rings. The number of fused-ring (bicyclic) bond motifs is 1. The van der Waals surface area contributed by atoms with Crippen LogP contribution in [-0.2, 0) is 37.2 Å². The van der Waals surface area contributed by atoms with E-state index in [4.69, 9.17) is 4.74 Å². The first kappa shape index (κ1) is 23.8. The Hall–Kier alpha value is -2.87. The number of amides is 1. The summed E-state index contributed by atoms with van der Waals surface area (Å²) in [5, 5.41) is 2.83. The minimum atomic E-state index is -3.70. The van der Waals surface area contributed by atoms with Crippen LogP contribution in [0.15, 0.2) is 42.5 Å². The summed E-state index contributed by atoms with van der Waals surface area (Å²) in [5.74, 6) is -1.24. The molecule has 1 amide bonds. The summed E-state index contributed by atoms with van der Waals surface area (Å²) in [6.45, 7) is 2.67. The van der Waals surface area contributed by atoms with Crippen LogP contribution in [0.25, 0.3) is 0 Å². The lowest BCUT2D eigenvalue weighted by molar-refractivity contribution is -0.147. The Kier molecular flexibility index (Phi) is 7.56. The second-order valence-corrected chi connectivity index (χ2v) is 10.1. The molecule has 0 fully saturated rings. The third kappa shape index (κ3) is 6.09. The van der Waals surface area contributed by atoms with Gasteiger partial charge in [0.2, 0.25) is 10.0 Å². The van der Waals surface area contributed by atoms with Crippen molar-refractivity contribution in [2.45, 2.75) is 45.6 Å². The van der Waals surface area contributed by atoms with Gasteiger partial charge in [-0.05, 0) is 67.9 Å². The van der Waals surface area contributed by atoms with Gasteiger partial charge < -0.3 is 10.1 Å². The van der Waals surface area contributed by atoms with E-state index in [0.717, 1.165) is 29.0 Å². The maximum Gasteiger partial charge on any atom is 0.327 e. The largest absolute Gasteiger partial charge is 0.454 e. The van der Waals surface area contributed by atoms with E-state index < -0.39 is 35.1 Å². The Balaban J connectivity index is 1.56. The fourth-order valence-corrected chi connectivity index (χ4v) is 4.82. The van der Waals surface area contributed by atoms with Crippen molar-refractivity contribution in [2.75, 3.05) is 23.7 Å². The first-order valence-corrected chi connectivity index (χ1v) is 12.6. The first-order chi connectivity index (χ1) is 15.1. The first-order valence-electron chi connectivity index (χ1n) is 10.7. The predicted octanol–water partition coefficient (Wildman–Crippen LogP) is 3.06. The van der Waals surface area contributed by atoms with E-state index in [1.807, 2.05) is 13.0 Å². The molecule has 0 aromatic heterocycles. The number of aryl methyl sites for hydroxylation is 3. The SMILES string of the molecule is Cc1ccccc1N(CC(=O)OCC(=O)NC(C)c1ccc2c(c1)CCCC2)S(C)(=O)=O. The number of rotatable bonds is 8. The van der Waals surface area contributed by atoms with Gasteiger partial charge in [-0.2, -0.15) is 0 Å². The van der Waals surface area contributed by atoms with Crippen LogP contribution in [-0.4, -0.2) is 39.7 Å². The molecule has 1 atom stereocenters. The zero-order valence-corrected chi connectivity index (χ0v) is 19.6. The van der Waals surface area contributed by atoms with Gasteiger partial charge in [-0.15, -0.1) is 0 Å². The van der Waals surface area contributed by atoms with Gasteiger partial charge in [0.15, 0.2) is 6.61 Å². The number of esters is 1. The highest BCUT2D eigenvalue weighted by Crippen LogP contribution is 2.25. The molecule has 0 aliphatic heterocycles. The van der Waals surface area contributed by atoms with Crippen molar-refractivity contribution >= 4 is 27.6 Å². The zero-order valence-electron chi connectivity index (χ0n) is 18.8. The van der Waals surface area contributed by atoms with E-state index in [2.05, 4.69) is 17.4 Å². The molecule has 0 radical (unpaired) electrons. The minimum absolute atomic E-state index is 0.229. The molecule has 0 spiro atoms. The van der Waals surface area contributed by atoms with Crippen molar-refractivity contribution < 1.29 is 22.7 Å². The van der Waals surface area contributed by atoms with Crippen molar-refractivity contribution in [3.05, 3.63) is 64.7 Å². The van der Waals surface area contributed by atoms with Crippen LogP contribution in [0, 0.1) is 6.92 Å². The molecule has 0 bridgehead atoms. The summed E-state index contributed by atoms with van der Waals surface area (Å²) in [5.41, 5.74) is 4.82. The molecule has 2 aromatic carbocycles. The van der Waals surface area contributed by atoms with Gasteiger partial charge in [-0.25, -0.2) is 8.42 Å². The predicted molar refractivity (Wildman–Crippen MR) is 124 cm³/mol. The van der Waals surface area contributed by atoms with E-state index in [0.29, 0.717) is 11.3 Å². The summed E-state index contributed by atoms with van der Waals surface area (Å²) in [4.78, 5) is 24.6. The van der Waals surface area contributed by atoms with Gasteiger partial charge in [0.05, 0.1) is 18.0 Å². The number of para-hydroxylation sites is 1. The molecule has 1 unspecified atom stereocenters. The molecule has 172 valence electrons. The monoisotopic (exact) mass is 458 g/mol.